The molecule has 23 heavy (non-hydrogen) atoms. The third kappa shape index (κ3) is 13.4. The highest BCUT2D eigenvalue weighted by molar-refractivity contribution is 5.69. The quantitative estimate of drug-likeness (QED) is 0.252. The maximum absolute atomic E-state index is 11.7. The SMILES string of the molecule is CCCCCCCC(CC(=O)OCC(O)CO)OCC(O)CO. The van der Waals surface area contributed by atoms with E-state index in [2.05, 4.69) is 6.92 Å². The van der Waals surface area contributed by atoms with Crippen LogP contribution in [-0.2, 0) is 14.3 Å². The number of carbonyl (C=O) groups excluding carboxylic acids is 1. The summed E-state index contributed by atoms with van der Waals surface area (Å²) in [5.74, 6) is -0.519. The fourth-order valence-electron chi connectivity index (χ4n) is 2.01. The molecule has 3 unspecified atom stereocenters. The Kier molecular flexibility index (Phi) is 14.4. The molecule has 0 aromatic carbocycles. The van der Waals surface area contributed by atoms with Gasteiger partial charge in [0.2, 0.25) is 0 Å². The molecule has 138 valence electrons. The zero-order chi connectivity index (χ0) is 17.5. The van der Waals surface area contributed by atoms with Gasteiger partial charge in [-0.2, -0.15) is 0 Å². The van der Waals surface area contributed by atoms with Crippen LogP contribution in [0.1, 0.15) is 51.9 Å². The van der Waals surface area contributed by atoms with E-state index in [1.54, 1.807) is 0 Å². The van der Waals surface area contributed by atoms with Crippen LogP contribution in [0.25, 0.3) is 0 Å². The van der Waals surface area contributed by atoms with Gasteiger partial charge in [0.05, 0.1) is 32.3 Å². The van der Waals surface area contributed by atoms with Crippen molar-refractivity contribution in [1.82, 2.24) is 0 Å². The molecule has 0 bridgehead atoms. The van der Waals surface area contributed by atoms with Gasteiger partial charge in [-0.05, 0) is 6.42 Å². The highest BCUT2D eigenvalue weighted by Gasteiger charge is 2.18. The second-order valence-electron chi connectivity index (χ2n) is 5.72. The van der Waals surface area contributed by atoms with Gasteiger partial charge in [-0.25, -0.2) is 0 Å². The molecule has 0 radical (unpaired) electrons. The topological polar surface area (TPSA) is 116 Å². The van der Waals surface area contributed by atoms with Crippen molar-refractivity contribution >= 4 is 5.97 Å². The normalized spacial score (nSPS) is 15.2. The molecule has 0 amide bonds. The molecule has 0 aromatic rings. The van der Waals surface area contributed by atoms with E-state index in [4.69, 9.17) is 24.8 Å². The van der Waals surface area contributed by atoms with E-state index in [1.807, 2.05) is 0 Å². The minimum absolute atomic E-state index is 0.0179. The standard InChI is InChI=1S/C16H32O7/c1-2-3-4-5-6-7-15(22-11-13(19)9-17)8-16(21)23-12-14(20)10-18/h13-15,17-20H,2-12H2,1H3. The summed E-state index contributed by atoms with van der Waals surface area (Å²) < 4.78 is 10.3. The van der Waals surface area contributed by atoms with Crippen LogP contribution in [0.4, 0.5) is 0 Å². The lowest BCUT2D eigenvalue weighted by atomic mass is 10.1. The summed E-state index contributed by atoms with van der Waals surface area (Å²) in [7, 11) is 0. The first kappa shape index (κ1) is 22.3. The highest BCUT2D eigenvalue weighted by atomic mass is 16.5. The second kappa shape index (κ2) is 14.8. The third-order valence-electron chi connectivity index (χ3n) is 3.41. The van der Waals surface area contributed by atoms with Crippen LogP contribution in [-0.4, -0.2) is 71.1 Å². The van der Waals surface area contributed by atoms with Gasteiger partial charge in [0.15, 0.2) is 0 Å². The Morgan fingerprint density at radius 3 is 2.17 bits per heavy atom. The number of rotatable bonds is 15. The summed E-state index contributed by atoms with van der Waals surface area (Å²) in [5.41, 5.74) is 0. The summed E-state index contributed by atoms with van der Waals surface area (Å²) in [4.78, 5) is 11.7. The van der Waals surface area contributed by atoms with Crippen LogP contribution >= 0.6 is 0 Å². The van der Waals surface area contributed by atoms with Gasteiger partial charge >= 0.3 is 5.97 Å². The van der Waals surface area contributed by atoms with Crippen LogP contribution in [0.15, 0.2) is 0 Å². The molecule has 0 saturated carbocycles. The number of aliphatic hydroxyl groups excluding tert-OH is 4. The van der Waals surface area contributed by atoms with Gasteiger partial charge in [0, 0.05) is 0 Å². The largest absolute Gasteiger partial charge is 0.463 e. The molecular weight excluding hydrogens is 304 g/mol. The molecular formula is C16H32O7. The average Bonchev–Trinajstić information content (AvgIpc) is 2.56. The molecule has 0 heterocycles. The van der Waals surface area contributed by atoms with Gasteiger partial charge in [-0.15, -0.1) is 0 Å². The Morgan fingerprint density at radius 2 is 1.57 bits per heavy atom. The first-order chi connectivity index (χ1) is 11.0. The van der Waals surface area contributed by atoms with E-state index in [-0.39, 0.29) is 19.6 Å². The number of hydrogen-bond donors (Lipinski definition) is 4. The zero-order valence-corrected chi connectivity index (χ0v) is 14.0. The number of unbranched alkanes of at least 4 members (excludes halogenated alkanes) is 4. The molecule has 0 saturated heterocycles. The van der Waals surface area contributed by atoms with Crippen LogP contribution in [0.3, 0.4) is 0 Å². The fraction of sp³-hybridized carbons (Fsp3) is 0.938. The average molecular weight is 336 g/mol. The van der Waals surface area contributed by atoms with Gasteiger partial charge in [-0.1, -0.05) is 39.0 Å². The van der Waals surface area contributed by atoms with Gasteiger partial charge < -0.3 is 29.9 Å². The number of hydrogen-bond acceptors (Lipinski definition) is 7. The summed E-state index contributed by atoms with van der Waals surface area (Å²) in [5, 5.41) is 36.0. The predicted octanol–water partition coefficient (Wildman–Crippen LogP) is 0.372. The molecule has 7 heteroatoms. The Morgan fingerprint density at radius 1 is 0.957 bits per heavy atom. The Hall–Kier alpha value is -0.730. The van der Waals surface area contributed by atoms with Crippen LogP contribution in [0, 0.1) is 0 Å². The van der Waals surface area contributed by atoms with Crippen molar-refractivity contribution in [2.45, 2.75) is 70.2 Å². The lowest BCUT2D eigenvalue weighted by Crippen LogP contribution is -2.28. The molecule has 7 nitrogen and oxygen atoms in total. The number of ether oxygens (including phenoxy) is 2. The minimum Gasteiger partial charge on any atom is -0.463 e. The fourth-order valence-corrected chi connectivity index (χ4v) is 2.01. The monoisotopic (exact) mass is 336 g/mol. The van der Waals surface area contributed by atoms with Crippen LogP contribution in [0.5, 0.6) is 0 Å². The van der Waals surface area contributed by atoms with E-state index in [0.29, 0.717) is 6.42 Å². The van der Waals surface area contributed by atoms with Crippen molar-refractivity contribution in [3.05, 3.63) is 0 Å². The van der Waals surface area contributed by atoms with Gasteiger partial charge in [0.25, 0.3) is 0 Å². The molecule has 0 spiro atoms. The van der Waals surface area contributed by atoms with Crippen LogP contribution < -0.4 is 0 Å². The molecule has 0 aliphatic rings. The molecule has 0 aromatic heterocycles. The zero-order valence-electron chi connectivity index (χ0n) is 14.0. The molecule has 0 fully saturated rings. The maximum atomic E-state index is 11.7. The first-order valence-corrected chi connectivity index (χ1v) is 8.38. The van der Waals surface area contributed by atoms with E-state index in [9.17, 15) is 9.90 Å². The molecule has 0 rings (SSSR count). The van der Waals surface area contributed by atoms with Crippen molar-refractivity contribution in [3.8, 4) is 0 Å². The first-order valence-electron chi connectivity index (χ1n) is 8.38. The Balaban J connectivity index is 4.15. The molecule has 0 aliphatic heterocycles. The summed E-state index contributed by atoms with van der Waals surface area (Å²) in [6.07, 6.45) is 3.67. The third-order valence-corrected chi connectivity index (χ3v) is 3.41. The Labute approximate surface area is 138 Å². The predicted molar refractivity (Wildman–Crippen MR) is 84.9 cm³/mol. The highest BCUT2D eigenvalue weighted by Crippen LogP contribution is 2.13. The van der Waals surface area contributed by atoms with E-state index >= 15 is 0 Å². The van der Waals surface area contributed by atoms with E-state index in [1.165, 1.54) is 6.42 Å². The smallest absolute Gasteiger partial charge is 0.308 e. The maximum Gasteiger partial charge on any atom is 0.308 e. The second-order valence-corrected chi connectivity index (χ2v) is 5.72. The number of carbonyl (C=O) groups is 1. The summed E-state index contributed by atoms with van der Waals surface area (Å²) in [6, 6.07) is 0. The van der Waals surface area contributed by atoms with Crippen molar-refractivity contribution < 1.29 is 34.7 Å². The minimum atomic E-state index is -1.08. The van der Waals surface area contributed by atoms with E-state index in [0.717, 1.165) is 25.7 Å². The lowest BCUT2D eigenvalue weighted by molar-refractivity contribution is -0.151. The summed E-state index contributed by atoms with van der Waals surface area (Å²) in [6.45, 7) is 0.989. The number of esters is 1. The van der Waals surface area contributed by atoms with Crippen molar-refractivity contribution in [3.63, 3.8) is 0 Å². The molecule has 3 atom stereocenters. The van der Waals surface area contributed by atoms with E-state index < -0.39 is 37.5 Å². The number of aliphatic hydroxyl groups is 4. The van der Waals surface area contributed by atoms with Crippen molar-refractivity contribution in [2.75, 3.05) is 26.4 Å². The van der Waals surface area contributed by atoms with Crippen molar-refractivity contribution in [2.24, 2.45) is 0 Å². The lowest BCUT2D eigenvalue weighted by Gasteiger charge is -2.19. The van der Waals surface area contributed by atoms with Crippen LogP contribution in [0.2, 0.25) is 0 Å². The summed E-state index contributed by atoms with van der Waals surface area (Å²) >= 11 is 0. The van der Waals surface area contributed by atoms with Gasteiger partial charge in [0.1, 0.15) is 18.8 Å². The van der Waals surface area contributed by atoms with Crippen molar-refractivity contribution in [1.29, 1.82) is 0 Å². The molecule has 4 N–H and O–H groups in total. The molecule has 0 aliphatic carbocycles. The van der Waals surface area contributed by atoms with Gasteiger partial charge in [-0.3, -0.25) is 4.79 Å². The Bertz CT molecular complexity index is 286.